The lowest BCUT2D eigenvalue weighted by Crippen LogP contribution is -2.31. The first-order chi connectivity index (χ1) is 11.0. The van der Waals surface area contributed by atoms with Gasteiger partial charge in [-0.3, -0.25) is 0 Å². The number of nitrogens with zero attached hydrogens (tertiary/aromatic N) is 1. The molecule has 2 rings (SSSR count). The maximum Gasteiger partial charge on any atom is 0.244 e. The first-order valence-electron chi connectivity index (χ1n) is 7.26. The molecule has 0 aliphatic heterocycles. The minimum Gasteiger partial charge on any atom is -0.207 e. The highest BCUT2D eigenvalue weighted by molar-refractivity contribution is 7.89. The van der Waals surface area contributed by atoms with Crippen molar-refractivity contribution >= 4 is 16.1 Å². The fraction of sp³-hybridized carbons (Fsp3) is 0.158. The number of benzene rings is 2. The first kappa shape index (κ1) is 17.0. The van der Waals surface area contributed by atoms with Crippen molar-refractivity contribution in [1.82, 2.24) is 4.31 Å². The van der Waals surface area contributed by atoms with Gasteiger partial charge in [0.2, 0.25) is 10.0 Å². The first-order valence-corrected chi connectivity index (χ1v) is 8.70. The van der Waals surface area contributed by atoms with E-state index in [2.05, 4.69) is 5.92 Å². The third-order valence-electron chi connectivity index (χ3n) is 3.35. The number of hydrogen-bond acceptors (Lipinski definition) is 2. The zero-order valence-electron chi connectivity index (χ0n) is 13.0. The number of terminal acetylenes is 1. The number of rotatable bonds is 6. The van der Waals surface area contributed by atoms with Crippen molar-refractivity contribution in [3.8, 4) is 12.3 Å². The van der Waals surface area contributed by atoms with Crippen LogP contribution < -0.4 is 0 Å². The normalized spacial score (nSPS) is 11.7. The fourth-order valence-corrected chi connectivity index (χ4v) is 3.38. The molecule has 23 heavy (non-hydrogen) atoms. The van der Waals surface area contributed by atoms with Gasteiger partial charge in [0.05, 0.1) is 11.4 Å². The minimum absolute atomic E-state index is 0.0370. The van der Waals surface area contributed by atoms with Crippen LogP contribution >= 0.6 is 0 Å². The van der Waals surface area contributed by atoms with E-state index >= 15 is 0 Å². The Morgan fingerprint density at radius 1 is 1.09 bits per heavy atom. The van der Waals surface area contributed by atoms with Crippen molar-refractivity contribution in [2.45, 2.75) is 11.8 Å². The van der Waals surface area contributed by atoms with E-state index in [0.717, 1.165) is 11.1 Å². The smallest absolute Gasteiger partial charge is 0.207 e. The van der Waals surface area contributed by atoms with E-state index in [4.69, 9.17) is 6.42 Å². The van der Waals surface area contributed by atoms with Crippen LogP contribution in [0.15, 0.2) is 65.6 Å². The van der Waals surface area contributed by atoms with Gasteiger partial charge in [0, 0.05) is 6.54 Å². The van der Waals surface area contributed by atoms with Gasteiger partial charge in [-0.05, 0) is 24.6 Å². The molecule has 4 heteroatoms. The molecule has 0 aliphatic carbocycles. The molecule has 0 N–H and O–H groups in total. The molecule has 0 aromatic heterocycles. The molecule has 0 atom stereocenters. The van der Waals surface area contributed by atoms with Crippen LogP contribution in [0.4, 0.5) is 0 Å². The lowest BCUT2D eigenvalue weighted by atomic mass is 10.2. The average Bonchev–Trinajstić information content (AvgIpc) is 2.55. The summed E-state index contributed by atoms with van der Waals surface area (Å²) in [6.07, 6.45) is 9.02. The second-order valence-electron chi connectivity index (χ2n) is 5.13. The topological polar surface area (TPSA) is 37.4 Å². The summed E-state index contributed by atoms with van der Waals surface area (Å²) in [5.41, 5.74) is 2.03. The van der Waals surface area contributed by atoms with Crippen LogP contribution in [0.5, 0.6) is 0 Å². The molecule has 0 fully saturated rings. The van der Waals surface area contributed by atoms with E-state index < -0.39 is 10.0 Å². The molecule has 0 spiro atoms. The van der Waals surface area contributed by atoms with Crippen molar-refractivity contribution in [3.05, 3.63) is 71.8 Å². The molecule has 0 bridgehead atoms. The van der Waals surface area contributed by atoms with E-state index in [0.29, 0.717) is 0 Å². The monoisotopic (exact) mass is 325 g/mol. The molecular formula is C19H19NO2S. The molecule has 0 saturated carbocycles. The van der Waals surface area contributed by atoms with Crippen molar-refractivity contribution in [2.24, 2.45) is 0 Å². The molecule has 0 unspecified atom stereocenters. The molecule has 2 aromatic carbocycles. The van der Waals surface area contributed by atoms with Gasteiger partial charge < -0.3 is 0 Å². The van der Waals surface area contributed by atoms with Crippen LogP contribution in [0.3, 0.4) is 0 Å². The van der Waals surface area contributed by atoms with Gasteiger partial charge in [0.25, 0.3) is 0 Å². The summed E-state index contributed by atoms with van der Waals surface area (Å²) in [6.45, 7) is 2.18. The standard InChI is InChI=1S/C19H19NO2S/c1-3-15-20(16-7-10-18-8-5-4-6-9-18)23(21,22)19-13-11-17(2)12-14-19/h1,4-14H,15-16H2,2H3/b10-7+. The molecule has 0 heterocycles. The SMILES string of the molecule is C#CCN(C/C=C/c1ccccc1)S(=O)(=O)c1ccc(C)cc1. The maximum absolute atomic E-state index is 12.7. The number of hydrogen-bond donors (Lipinski definition) is 0. The van der Waals surface area contributed by atoms with Crippen molar-refractivity contribution in [2.75, 3.05) is 13.1 Å². The Hall–Kier alpha value is -2.35. The van der Waals surface area contributed by atoms with Crippen LogP contribution in [0, 0.1) is 19.3 Å². The fourth-order valence-electron chi connectivity index (χ4n) is 2.08. The summed E-state index contributed by atoms with van der Waals surface area (Å²) >= 11 is 0. The molecule has 0 saturated heterocycles. The molecule has 0 amide bonds. The number of aryl methyl sites for hydroxylation is 1. The van der Waals surface area contributed by atoms with Crippen molar-refractivity contribution < 1.29 is 8.42 Å². The van der Waals surface area contributed by atoms with Crippen LogP contribution in [0.1, 0.15) is 11.1 Å². The Balaban J connectivity index is 2.19. The Bertz CT molecular complexity index is 801. The van der Waals surface area contributed by atoms with Crippen molar-refractivity contribution in [1.29, 1.82) is 0 Å². The maximum atomic E-state index is 12.7. The summed E-state index contributed by atoms with van der Waals surface area (Å²) in [6, 6.07) is 16.5. The average molecular weight is 325 g/mol. The van der Waals surface area contributed by atoms with Gasteiger partial charge in [-0.15, -0.1) is 6.42 Å². The predicted octanol–water partition coefficient (Wildman–Crippen LogP) is 3.33. The van der Waals surface area contributed by atoms with Crippen LogP contribution in [0.25, 0.3) is 6.08 Å². The molecular weight excluding hydrogens is 306 g/mol. The van der Waals surface area contributed by atoms with E-state index in [9.17, 15) is 8.42 Å². The summed E-state index contributed by atoms with van der Waals surface area (Å²) in [5, 5.41) is 0. The molecule has 118 valence electrons. The third-order valence-corrected chi connectivity index (χ3v) is 5.17. The summed E-state index contributed by atoms with van der Waals surface area (Å²) < 4.78 is 26.6. The lowest BCUT2D eigenvalue weighted by molar-refractivity contribution is 0.478. The van der Waals surface area contributed by atoms with Gasteiger partial charge in [-0.2, -0.15) is 4.31 Å². The highest BCUT2D eigenvalue weighted by Crippen LogP contribution is 2.16. The minimum atomic E-state index is -3.59. The predicted molar refractivity (Wildman–Crippen MR) is 94.2 cm³/mol. The highest BCUT2D eigenvalue weighted by Gasteiger charge is 2.22. The van der Waals surface area contributed by atoms with Gasteiger partial charge in [-0.1, -0.05) is 66.1 Å². The second-order valence-corrected chi connectivity index (χ2v) is 7.07. The van der Waals surface area contributed by atoms with Gasteiger partial charge >= 0.3 is 0 Å². The quantitative estimate of drug-likeness (QED) is 0.764. The second kappa shape index (κ2) is 7.77. The molecule has 0 aliphatic rings. The Morgan fingerprint density at radius 3 is 2.35 bits per heavy atom. The van der Waals surface area contributed by atoms with E-state index in [-0.39, 0.29) is 18.0 Å². The molecule has 0 radical (unpaired) electrons. The summed E-state index contributed by atoms with van der Waals surface area (Å²) in [7, 11) is -3.59. The lowest BCUT2D eigenvalue weighted by Gasteiger charge is -2.18. The van der Waals surface area contributed by atoms with Crippen LogP contribution in [-0.2, 0) is 10.0 Å². The highest BCUT2D eigenvalue weighted by atomic mass is 32.2. The van der Waals surface area contributed by atoms with Crippen LogP contribution in [0.2, 0.25) is 0 Å². The Morgan fingerprint density at radius 2 is 1.74 bits per heavy atom. The Labute approximate surface area is 138 Å². The van der Waals surface area contributed by atoms with Crippen molar-refractivity contribution in [3.63, 3.8) is 0 Å². The van der Waals surface area contributed by atoms with Gasteiger partial charge in [0.1, 0.15) is 0 Å². The third kappa shape index (κ3) is 4.56. The number of sulfonamides is 1. The van der Waals surface area contributed by atoms with Gasteiger partial charge in [0.15, 0.2) is 0 Å². The molecule has 3 nitrogen and oxygen atoms in total. The molecule has 2 aromatic rings. The van der Waals surface area contributed by atoms with E-state index in [1.165, 1.54) is 4.31 Å². The summed E-state index contributed by atoms with van der Waals surface area (Å²) in [4.78, 5) is 0.256. The zero-order valence-corrected chi connectivity index (χ0v) is 13.8. The van der Waals surface area contributed by atoms with E-state index in [1.807, 2.05) is 43.3 Å². The summed E-state index contributed by atoms with van der Waals surface area (Å²) in [5.74, 6) is 2.42. The Kier molecular flexibility index (Phi) is 5.75. The van der Waals surface area contributed by atoms with Gasteiger partial charge in [-0.25, -0.2) is 8.42 Å². The van der Waals surface area contributed by atoms with Crippen LogP contribution in [-0.4, -0.2) is 25.8 Å². The van der Waals surface area contributed by atoms with E-state index in [1.54, 1.807) is 30.3 Å². The zero-order chi connectivity index (χ0) is 16.7. The largest absolute Gasteiger partial charge is 0.244 e.